The Morgan fingerprint density at radius 2 is 1.23 bits per heavy atom. The number of carbonyl (C=O) groups excluding carboxylic acids is 1. The molecule has 22 heavy (non-hydrogen) atoms. The zero-order valence-corrected chi connectivity index (χ0v) is 18.7. The van der Waals surface area contributed by atoms with Crippen molar-refractivity contribution in [3.8, 4) is 0 Å². The first kappa shape index (κ1) is 22.0. The smallest absolute Gasteiger partial charge is 0.193 e. The highest BCUT2D eigenvalue weighted by Crippen LogP contribution is 2.40. The lowest BCUT2D eigenvalue weighted by Gasteiger charge is -2.43. The second-order valence-corrected chi connectivity index (χ2v) is 18.8. The zero-order valence-electron chi connectivity index (χ0n) is 16.7. The van der Waals surface area contributed by atoms with Gasteiger partial charge in [0.05, 0.1) is 6.10 Å². The van der Waals surface area contributed by atoms with Crippen LogP contribution >= 0.6 is 0 Å². The molecule has 0 saturated carbocycles. The molecule has 0 bridgehead atoms. The molecule has 5 heteroatoms. The van der Waals surface area contributed by atoms with Crippen LogP contribution in [0.4, 0.5) is 0 Å². The van der Waals surface area contributed by atoms with Gasteiger partial charge in [-0.2, -0.15) is 0 Å². The first-order valence-electron chi connectivity index (χ1n) is 8.40. The van der Waals surface area contributed by atoms with Crippen molar-refractivity contribution < 1.29 is 13.6 Å². The Morgan fingerprint density at radius 1 is 0.864 bits per heavy atom. The predicted octanol–water partition coefficient (Wildman–Crippen LogP) is 5.38. The molecule has 0 heterocycles. The summed E-state index contributed by atoms with van der Waals surface area (Å²) in [6.07, 6.45) is 1.14. The Balaban J connectivity index is 5.24. The number of hydrogen-bond donors (Lipinski definition) is 0. The Kier molecular flexibility index (Phi) is 7.29. The van der Waals surface area contributed by atoms with Crippen molar-refractivity contribution in [1.29, 1.82) is 0 Å². The van der Waals surface area contributed by atoms with E-state index in [9.17, 15) is 4.79 Å². The third-order valence-electron chi connectivity index (χ3n) is 5.39. The molecule has 0 amide bonds. The number of rotatable bonds is 7. The van der Waals surface area contributed by atoms with E-state index in [2.05, 4.69) is 74.7 Å². The van der Waals surface area contributed by atoms with E-state index in [1.54, 1.807) is 0 Å². The van der Waals surface area contributed by atoms with Crippen LogP contribution in [-0.4, -0.2) is 35.1 Å². The molecule has 2 atom stereocenters. The molecule has 0 aliphatic carbocycles. The van der Waals surface area contributed by atoms with Gasteiger partial charge < -0.3 is 13.6 Å². The highest BCUT2D eigenvalue weighted by Gasteiger charge is 2.44. The lowest BCUT2D eigenvalue weighted by Crippen LogP contribution is -2.52. The van der Waals surface area contributed by atoms with Crippen molar-refractivity contribution in [3.05, 3.63) is 0 Å². The van der Waals surface area contributed by atoms with E-state index in [1.807, 2.05) is 0 Å². The fourth-order valence-corrected chi connectivity index (χ4v) is 4.30. The molecule has 0 fully saturated rings. The summed E-state index contributed by atoms with van der Waals surface area (Å²) in [5, 5.41) is 0.217. The molecule has 0 aromatic heterocycles. The van der Waals surface area contributed by atoms with Crippen LogP contribution in [0.25, 0.3) is 0 Å². The molecule has 0 radical (unpaired) electrons. The first-order valence-corrected chi connectivity index (χ1v) is 14.2. The van der Waals surface area contributed by atoms with Crippen molar-refractivity contribution in [2.24, 2.45) is 0 Å². The van der Waals surface area contributed by atoms with Crippen molar-refractivity contribution in [2.45, 2.75) is 103 Å². The summed E-state index contributed by atoms with van der Waals surface area (Å²) in [6, 6.07) is 0. The van der Waals surface area contributed by atoms with E-state index >= 15 is 0 Å². The van der Waals surface area contributed by atoms with Gasteiger partial charge in [-0.05, 0) is 42.7 Å². The molecule has 0 aromatic carbocycles. The first-order chi connectivity index (χ1) is 9.59. The third kappa shape index (κ3) is 5.58. The molecule has 3 nitrogen and oxygen atoms in total. The number of hydrogen-bond acceptors (Lipinski definition) is 3. The van der Waals surface area contributed by atoms with E-state index in [0.29, 0.717) is 0 Å². The molecular weight excluding hydrogens is 308 g/mol. The predicted molar refractivity (Wildman–Crippen MR) is 100 cm³/mol. The Morgan fingerprint density at radius 3 is 1.50 bits per heavy atom. The quantitative estimate of drug-likeness (QED) is 0.459. The topological polar surface area (TPSA) is 35.5 Å². The maximum atomic E-state index is 11.7. The normalized spacial score (nSPS) is 17.2. The van der Waals surface area contributed by atoms with Crippen LogP contribution in [0.1, 0.15) is 54.9 Å². The average Bonchev–Trinajstić information content (AvgIpc) is 2.30. The summed E-state index contributed by atoms with van der Waals surface area (Å²) in [6.45, 7) is 24.1. The van der Waals surface area contributed by atoms with Crippen molar-refractivity contribution >= 4 is 22.9 Å². The van der Waals surface area contributed by atoms with Crippen LogP contribution in [0, 0.1) is 0 Å². The molecule has 0 aliphatic rings. The SMILES string of the molecule is CC[C@H](O[Si](C)(C)C(C)(C)C)[C@@H](C=O)O[Si](C)(C)C(C)(C)C. The summed E-state index contributed by atoms with van der Waals surface area (Å²) in [5.74, 6) is 0. The van der Waals surface area contributed by atoms with Gasteiger partial charge in [0.25, 0.3) is 0 Å². The van der Waals surface area contributed by atoms with Gasteiger partial charge >= 0.3 is 0 Å². The zero-order chi connectivity index (χ0) is 18.0. The monoisotopic (exact) mass is 346 g/mol. The van der Waals surface area contributed by atoms with Crippen LogP contribution in [0.2, 0.25) is 36.3 Å². The molecule has 0 aliphatic heterocycles. The standard InChI is InChI=1S/C17H38O3Si2/c1-12-14(19-21(8,9)16(2,3)4)15(13-18)20-22(10,11)17(5,6)7/h13-15H,12H2,1-11H3/t14-,15+/m0/s1. The summed E-state index contributed by atoms with van der Waals surface area (Å²) in [7, 11) is -3.90. The van der Waals surface area contributed by atoms with E-state index in [4.69, 9.17) is 8.85 Å². The van der Waals surface area contributed by atoms with E-state index in [-0.39, 0.29) is 16.2 Å². The van der Waals surface area contributed by atoms with Gasteiger partial charge in [0.1, 0.15) is 12.4 Å². The minimum absolute atomic E-state index is 0.0868. The summed E-state index contributed by atoms with van der Waals surface area (Å²) >= 11 is 0. The Bertz CT molecular complexity index is 365. The highest BCUT2D eigenvalue weighted by atomic mass is 28.4. The molecule has 0 N–H and O–H groups in total. The van der Waals surface area contributed by atoms with E-state index in [0.717, 1.165) is 12.7 Å². The largest absolute Gasteiger partial charge is 0.411 e. The maximum absolute atomic E-state index is 11.7. The maximum Gasteiger partial charge on any atom is 0.193 e. The summed E-state index contributed by atoms with van der Waals surface area (Å²) in [5.41, 5.74) is 0. The van der Waals surface area contributed by atoms with Crippen LogP contribution in [0.3, 0.4) is 0 Å². The number of aldehydes is 1. The molecule has 0 saturated heterocycles. The van der Waals surface area contributed by atoms with Gasteiger partial charge in [0.2, 0.25) is 0 Å². The lowest BCUT2D eigenvalue weighted by molar-refractivity contribution is -0.118. The van der Waals surface area contributed by atoms with Crippen molar-refractivity contribution in [1.82, 2.24) is 0 Å². The number of carbonyl (C=O) groups is 1. The minimum atomic E-state index is -1.99. The summed E-state index contributed by atoms with van der Waals surface area (Å²) in [4.78, 5) is 11.7. The molecule has 132 valence electrons. The van der Waals surface area contributed by atoms with Crippen molar-refractivity contribution in [2.75, 3.05) is 0 Å². The molecule has 0 unspecified atom stereocenters. The fourth-order valence-electron chi connectivity index (χ4n) is 1.65. The molecular formula is C17H38O3Si2. The van der Waals surface area contributed by atoms with Gasteiger partial charge in [0.15, 0.2) is 16.6 Å². The van der Waals surface area contributed by atoms with E-state index < -0.39 is 22.7 Å². The van der Waals surface area contributed by atoms with Gasteiger partial charge in [-0.1, -0.05) is 48.5 Å². The van der Waals surface area contributed by atoms with E-state index in [1.165, 1.54) is 0 Å². The lowest BCUT2D eigenvalue weighted by atomic mass is 10.2. The third-order valence-corrected chi connectivity index (χ3v) is 14.4. The fraction of sp³-hybridized carbons (Fsp3) is 0.941. The molecule has 0 spiro atoms. The van der Waals surface area contributed by atoms with Gasteiger partial charge in [-0.3, -0.25) is 0 Å². The van der Waals surface area contributed by atoms with Crippen LogP contribution < -0.4 is 0 Å². The van der Waals surface area contributed by atoms with Crippen LogP contribution in [0.5, 0.6) is 0 Å². The Hall–Kier alpha value is 0.0238. The van der Waals surface area contributed by atoms with Gasteiger partial charge in [-0.25, -0.2) is 0 Å². The van der Waals surface area contributed by atoms with Crippen LogP contribution in [-0.2, 0) is 13.6 Å². The van der Waals surface area contributed by atoms with Gasteiger partial charge in [0, 0.05) is 0 Å². The second kappa shape index (κ2) is 7.28. The molecule has 0 rings (SSSR count). The molecule has 0 aromatic rings. The Labute approximate surface area is 140 Å². The second-order valence-electron chi connectivity index (χ2n) is 9.30. The highest BCUT2D eigenvalue weighted by molar-refractivity contribution is 6.74. The summed E-state index contributed by atoms with van der Waals surface area (Å²) < 4.78 is 12.8. The average molecular weight is 347 g/mol. The van der Waals surface area contributed by atoms with Gasteiger partial charge in [-0.15, -0.1) is 0 Å². The minimum Gasteiger partial charge on any atom is -0.411 e. The van der Waals surface area contributed by atoms with Crippen molar-refractivity contribution in [3.63, 3.8) is 0 Å². The van der Waals surface area contributed by atoms with Crippen LogP contribution in [0.15, 0.2) is 0 Å².